The van der Waals surface area contributed by atoms with Crippen molar-refractivity contribution in [2.24, 2.45) is 7.05 Å². The number of amides is 2. The van der Waals surface area contributed by atoms with E-state index >= 15 is 0 Å². The lowest BCUT2D eigenvalue weighted by Crippen LogP contribution is -2.20. The monoisotopic (exact) mass is 742 g/mol. The summed E-state index contributed by atoms with van der Waals surface area (Å²) >= 11 is 4.67. The number of alkyl halides is 8. The van der Waals surface area contributed by atoms with Crippen LogP contribution in [0, 0.1) is 0 Å². The molecule has 3 aromatic heterocycles. The number of benzene rings is 2. The van der Waals surface area contributed by atoms with Crippen LogP contribution in [0.5, 0.6) is 11.5 Å². The number of hydrogen-bond donors (Lipinski definition) is 2. The lowest BCUT2D eigenvalue weighted by atomic mass is 10.2. The van der Waals surface area contributed by atoms with Gasteiger partial charge in [-0.25, -0.2) is 4.68 Å². The lowest BCUT2D eigenvalue weighted by Gasteiger charge is -2.11. The fourth-order valence-corrected chi connectivity index (χ4v) is 4.09. The van der Waals surface area contributed by atoms with Gasteiger partial charge in [0.25, 0.3) is 17.4 Å². The predicted octanol–water partition coefficient (Wildman–Crippen LogP) is 6.39. The summed E-state index contributed by atoms with van der Waals surface area (Å²) in [6.07, 6.45) is -0.228. The molecule has 0 spiro atoms. The quantitative estimate of drug-likeness (QED) is 0.132. The van der Waals surface area contributed by atoms with Crippen molar-refractivity contribution in [3.63, 3.8) is 0 Å². The molecular weight excluding hydrogens is 721 g/mol. The SMILES string of the molecule is Cn1cc(C(=O)Nc2ccc(OC(F)(F)F)cc2)ccc1=O.O=C(Nc1ccc(OC(F)(F)Cl)cc1)c1ccc(=O)n(-c2cnn(C(F)F)c2)c1. The molecule has 0 atom stereocenters. The average Bonchev–Trinajstić information content (AvgIpc) is 3.54. The maximum absolute atomic E-state index is 12.7. The minimum absolute atomic E-state index is 0.0435. The Balaban J connectivity index is 0.000000238. The molecule has 2 aromatic carbocycles. The number of aromatic nitrogens is 4. The third-order valence-corrected chi connectivity index (χ3v) is 6.36. The minimum atomic E-state index is -4.76. The highest BCUT2D eigenvalue weighted by Crippen LogP contribution is 2.26. The first kappa shape index (κ1) is 37.7. The van der Waals surface area contributed by atoms with Gasteiger partial charge in [-0.15, -0.1) is 22.0 Å². The summed E-state index contributed by atoms with van der Waals surface area (Å²) in [6.45, 7) is -2.88. The van der Waals surface area contributed by atoms with E-state index in [9.17, 15) is 49.9 Å². The first-order chi connectivity index (χ1) is 23.9. The zero-order valence-corrected chi connectivity index (χ0v) is 26.3. The largest absolute Gasteiger partial charge is 0.573 e. The summed E-state index contributed by atoms with van der Waals surface area (Å²) in [4.78, 5) is 47.6. The Bertz CT molecular complexity index is 2110. The number of anilines is 2. The first-order valence-electron chi connectivity index (χ1n) is 13.9. The molecule has 20 heteroatoms. The van der Waals surface area contributed by atoms with Gasteiger partial charge in [0.05, 0.1) is 29.2 Å². The van der Waals surface area contributed by atoms with Crippen LogP contribution in [0.4, 0.5) is 42.1 Å². The normalized spacial score (nSPS) is 11.3. The lowest BCUT2D eigenvalue weighted by molar-refractivity contribution is -0.274. The highest BCUT2D eigenvalue weighted by atomic mass is 35.5. The van der Waals surface area contributed by atoms with Crippen LogP contribution in [0.25, 0.3) is 5.69 Å². The Morgan fingerprint density at radius 3 is 1.67 bits per heavy atom. The second kappa shape index (κ2) is 15.6. The summed E-state index contributed by atoms with van der Waals surface area (Å²) in [5.41, 5.74) is -3.79. The molecule has 0 aliphatic carbocycles. The van der Waals surface area contributed by atoms with Crippen LogP contribution in [0.1, 0.15) is 27.3 Å². The zero-order chi connectivity index (χ0) is 37.5. The van der Waals surface area contributed by atoms with Crippen molar-refractivity contribution in [3.8, 4) is 17.2 Å². The molecule has 5 aromatic rings. The fraction of sp³-hybridized carbons (Fsp3) is 0.129. The van der Waals surface area contributed by atoms with Crippen LogP contribution in [0.15, 0.2) is 107 Å². The van der Waals surface area contributed by atoms with E-state index in [4.69, 9.17) is 0 Å². The van der Waals surface area contributed by atoms with Crippen LogP contribution in [0.2, 0.25) is 0 Å². The van der Waals surface area contributed by atoms with Crippen LogP contribution in [-0.2, 0) is 7.05 Å². The highest BCUT2D eigenvalue weighted by Gasteiger charge is 2.31. The molecule has 3 heterocycles. The minimum Gasteiger partial charge on any atom is -0.420 e. The molecule has 5 rings (SSSR count). The van der Waals surface area contributed by atoms with Crippen LogP contribution >= 0.6 is 11.6 Å². The summed E-state index contributed by atoms with van der Waals surface area (Å²) < 4.78 is 97.1. The van der Waals surface area contributed by atoms with E-state index in [1.165, 1.54) is 72.4 Å². The van der Waals surface area contributed by atoms with Gasteiger partial charge in [-0.05, 0) is 60.7 Å². The van der Waals surface area contributed by atoms with Crippen molar-refractivity contribution in [1.29, 1.82) is 0 Å². The van der Waals surface area contributed by atoms with Crippen LogP contribution < -0.4 is 31.2 Å². The number of carbonyl (C=O) groups is 2. The van der Waals surface area contributed by atoms with Gasteiger partial charge in [0.15, 0.2) is 0 Å². The number of nitrogens with one attached hydrogen (secondary N) is 2. The Hall–Kier alpha value is -6.11. The van der Waals surface area contributed by atoms with Crippen molar-refractivity contribution in [1.82, 2.24) is 18.9 Å². The van der Waals surface area contributed by atoms with Gasteiger partial charge < -0.3 is 24.7 Å². The Morgan fingerprint density at radius 1 is 0.725 bits per heavy atom. The van der Waals surface area contributed by atoms with Gasteiger partial charge in [-0.3, -0.25) is 23.7 Å². The number of pyridine rings is 2. The number of halogens is 8. The van der Waals surface area contributed by atoms with E-state index in [0.717, 1.165) is 41.4 Å². The molecule has 0 unspecified atom stereocenters. The molecule has 268 valence electrons. The number of rotatable bonds is 9. The van der Waals surface area contributed by atoms with Gasteiger partial charge in [-0.2, -0.15) is 13.9 Å². The number of hydrogen-bond acceptors (Lipinski definition) is 7. The van der Waals surface area contributed by atoms with Crippen molar-refractivity contribution in [2.45, 2.75) is 18.5 Å². The second-order valence-electron chi connectivity index (χ2n) is 10.0. The summed E-state index contributed by atoms with van der Waals surface area (Å²) in [6, 6.07) is 14.6. The van der Waals surface area contributed by atoms with E-state index in [0.29, 0.717) is 10.4 Å². The molecule has 12 nitrogen and oxygen atoms in total. The Labute approximate surface area is 286 Å². The Morgan fingerprint density at radius 2 is 1.22 bits per heavy atom. The first-order valence-corrected chi connectivity index (χ1v) is 14.3. The van der Waals surface area contributed by atoms with E-state index < -0.39 is 35.9 Å². The highest BCUT2D eigenvalue weighted by molar-refractivity contribution is 6.20. The molecule has 2 amide bonds. The zero-order valence-electron chi connectivity index (χ0n) is 25.6. The third-order valence-electron chi connectivity index (χ3n) is 6.28. The third kappa shape index (κ3) is 11.2. The van der Waals surface area contributed by atoms with Gasteiger partial charge in [0, 0.05) is 54.5 Å². The average molecular weight is 743 g/mol. The van der Waals surface area contributed by atoms with E-state index in [1.807, 2.05) is 0 Å². The summed E-state index contributed by atoms with van der Waals surface area (Å²) in [7, 11) is 1.50. The van der Waals surface area contributed by atoms with Crippen LogP contribution in [0.3, 0.4) is 0 Å². The van der Waals surface area contributed by atoms with Crippen LogP contribution in [-0.4, -0.2) is 42.7 Å². The standard InChI is InChI=1S/C17H11ClF4N4O3.C14H11F3N2O3/c18-17(21,22)29-13-4-2-11(3-5-13)24-15(28)10-1-6-14(27)25(8-10)12-7-23-26(9-12)16(19)20;1-19-8-9(2-7-12(19)20)13(21)18-10-3-5-11(6-4-10)22-14(15,16)17/h1-9,16H,(H,24,28);2-8H,1H3,(H,18,21). The number of carbonyl (C=O) groups excluding carboxylic acids is 2. The maximum Gasteiger partial charge on any atom is 0.573 e. The van der Waals surface area contributed by atoms with E-state index in [1.54, 1.807) is 0 Å². The Kier molecular flexibility index (Phi) is 11.5. The number of ether oxygens (including phenoxy) is 2. The molecule has 0 saturated heterocycles. The fourth-order valence-electron chi connectivity index (χ4n) is 4.00. The molecule has 0 saturated carbocycles. The molecule has 0 aliphatic rings. The van der Waals surface area contributed by atoms with Crippen molar-refractivity contribution >= 4 is 34.8 Å². The predicted molar refractivity (Wildman–Crippen MR) is 168 cm³/mol. The molecule has 2 N–H and O–H groups in total. The smallest absolute Gasteiger partial charge is 0.420 e. The number of nitrogens with zero attached hydrogens (tertiary/aromatic N) is 4. The second-order valence-corrected chi connectivity index (χ2v) is 10.4. The molecule has 0 radical (unpaired) electrons. The molecule has 51 heavy (non-hydrogen) atoms. The van der Waals surface area contributed by atoms with Crippen molar-refractivity contribution in [3.05, 3.63) is 129 Å². The summed E-state index contributed by atoms with van der Waals surface area (Å²) in [5, 5.41) is 8.44. The van der Waals surface area contributed by atoms with Gasteiger partial charge in [0.1, 0.15) is 11.5 Å². The molecular formula is C31H22ClF7N6O6. The van der Waals surface area contributed by atoms with Gasteiger partial charge in [-0.1, -0.05) is 0 Å². The maximum atomic E-state index is 12.7. The number of aryl methyl sites for hydroxylation is 1. The molecule has 0 fully saturated rings. The van der Waals surface area contributed by atoms with Crippen molar-refractivity contribution in [2.75, 3.05) is 10.6 Å². The topological polar surface area (TPSA) is 138 Å². The molecule has 0 aliphatic heterocycles. The van der Waals surface area contributed by atoms with Crippen molar-refractivity contribution < 1.29 is 49.8 Å². The van der Waals surface area contributed by atoms with E-state index in [-0.39, 0.29) is 39.6 Å². The van der Waals surface area contributed by atoms with Gasteiger partial charge >= 0.3 is 18.5 Å². The molecule has 0 bridgehead atoms. The summed E-state index contributed by atoms with van der Waals surface area (Å²) in [5.74, 6) is -1.71. The van der Waals surface area contributed by atoms with Gasteiger partial charge in [0.2, 0.25) is 5.56 Å². The van der Waals surface area contributed by atoms with E-state index in [2.05, 4.69) is 36.8 Å².